The normalized spacial score (nSPS) is 11.9. The minimum Gasteiger partial charge on any atom is -0.497 e. The molecule has 1 heterocycles. The molecule has 0 aliphatic rings. The van der Waals surface area contributed by atoms with Gasteiger partial charge >= 0.3 is 0 Å². The number of aromatic nitrogens is 1. The molecule has 190 valence electrons. The summed E-state index contributed by atoms with van der Waals surface area (Å²) < 4.78 is 14.7. The van der Waals surface area contributed by atoms with Crippen LogP contribution in [0.5, 0.6) is 11.5 Å². The van der Waals surface area contributed by atoms with Crippen molar-refractivity contribution in [1.82, 2.24) is 9.69 Å². The molecule has 3 aromatic rings. The van der Waals surface area contributed by atoms with E-state index in [1.165, 1.54) is 19.1 Å². The first-order valence-electron chi connectivity index (χ1n) is 11.0. The number of carbonyl (C=O) groups is 3. The smallest absolute Gasteiger partial charge is 0.273 e. The van der Waals surface area contributed by atoms with E-state index in [1.54, 1.807) is 48.5 Å². The fourth-order valence-corrected chi connectivity index (χ4v) is 4.32. The van der Waals surface area contributed by atoms with Crippen LogP contribution in [0.4, 0.5) is 11.4 Å². The third kappa shape index (κ3) is 5.57. The average molecular weight is 512 g/mol. The van der Waals surface area contributed by atoms with Gasteiger partial charge in [0.1, 0.15) is 22.4 Å². The lowest BCUT2D eigenvalue weighted by Crippen LogP contribution is -2.49. The number of rotatable bonds is 8. The van der Waals surface area contributed by atoms with Crippen molar-refractivity contribution in [2.24, 2.45) is 5.73 Å². The van der Waals surface area contributed by atoms with Gasteiger partial charge < -0.3 is 26.3 Å². The Hall–Kier alpha value is -4.12. The van der Waals surface area contributed by atoms with Gasteiger partial charge in [-0.05, 0) is 62.1 Å². The molecule has 2 aromatic carbocycles. The Kier molecular flexibility index (Phi) is 7.83. The topological polar surface area (TPSA) is 150 Å². The number of methoxy groups -OCH3 is 2. The van der Waals surface area contributed by atoms with E-state index >= 15 is 0 Å². The van der Waals surface area contributed by atoms with Gasteiger partial charge in [0.05, 0.1) is 25.6 Å². The molecule has 1 unspecified atom stereocenters. The van der Waals surface area contributed by atoms with Crippen LogP contribution in [-0.4, -0.2) is 41.9 Å². The Morgan fingerprint density at radius 3 is 2.19 bits per heavy atom. The summed E-state index contributed by atoms with van der Waals surface area (Å²) in [6.45, 7) is 5.52. The van der Waals surface area contributed by atoms with Gasteiger partial charge in [0.2, 0.25) is 5.91 Å². The second-order valence-corrected chi connectivity index (χ2v) is 9.67. The number of nitrogens with one attached hydrogen (secondary N) is 1. The minimum atomic E-state index is -1.14. The van der Waals surface area contributed by atoms with Gasteiger partial charge in [-0.25, -0.2) is 0 Å². The highest BCUT2D eigenvalue weighted by molar-refractivity contribution is 7.09. The second kappa shape index (κ2) is 10.6. The monoisotopic (exact) mass is 511 g/mol. The van der Waals surface area contributed by atoms with E-state index < -0.39 is 29.3 Å². The second-order valence-electron chi connectivity index (χ2n) is 8.90. The van der Waals surface area contributed by atoms with Gasteiger partial charge in [-0.15, -0.1) is 0 Å². The molecule has 11 heteroatoms. The van der Waals surface area contributed by atoms with E-state index in [4.69, 9.17) is 20.9 Å². The van der Waals surface area contributed by atoms with Crippen molar-refractivity contribution in [2.75, 3.05) is 24.9 Å². The van der Waals surface area contributed by atoms with Gasteiger partial charge in [0.25, 0.3) is 11.8 Å². The lowest BCUT2D eigenvalue weighted by atomic mass is 10.00. The number of para-hydroxylation sites is 2. The summed E-state index contributed by atoms with van der Waals surface area (Å²) in [6.07, 6.45) is 0. The number of anilines is 2. The SMILES string of the molecule is COc1ccc(C(C(=O)NC(C)(C)C)N(C(=O)c2snc(C(N)=O)c2N)c2ccccc2OC)cc1. The van der Waals surface area contributed by atoms with Crippen LogP contribution in [-0.2, 0) is 4.79 Å². The maximum Gasteiger partial charge on any atom is 0.273 e. The first-order chi connectivity index (χ1) is 17.0. The molecule has 3 amide bonds. The highest BCUT2D eigenvalue weighted by atomic mass is 32.1. The van der Waals surface area contributed by atoms with Crippen LogP contribution < -0.4 is 31.2 Å². The Morgan fingerprint density at radius 1 is 1.03 bits per heavy atom. The number of amides is 3. The predicted molar refractivity (Wildman–Crippen MR) is 138 cm³/mol. The summed E-state index contributed by atoms with van der Waals surface area (Å²) in [5.41, 5.74) is 11.3. The summed E-state index contributed by atoms with van der Waals surface area (Å²) in [5.74, 6) is -1.01. The van der Waals surface area contributed by atoms with E-state index in [2.05, 4.69) is 9.69 Å². The molecule has 0 radical (unpaired) electrons. The molecule has 5 N–H and O–H groups in total. The van der Waals surface area contributed by atoms with Gasteiger partial charge in [-0.3, -0.25) is 19.3 Å². The first kappa shape index (κ1) is 26.5. The molecule has 0 saturated heterocycles. The zero-order chi connectivity index (χ0) is 26.6. The van der Waals surface area contributed by atoms with Crippen LogP contribution in [0.1, 0.15) is 52.5 Å². The predicted octanol–water partition coefficient (Wildman–Crippen LogP) is 3.14. The summed E-state index contributed by atoms with van der Waals surface area (Å²) in [7, 11) is 3.00. The van der Waals surface area contributed by atoms with Crippen LogP contribution in [0.25, 0.3) is 0 Å². The van der Waals surface area contributed by atoms with Crippen molar-refractivity contribution < 1.29 is 23.9 Å². The highest BCUT2D eigenvalue weighted by Crippen LogP contribution is 2.38. The number of carbonyl (C=O) groups excluding carboxylic acids is 3. The molecule has 3 rings (SSSR count). The molecule has 36 heavy (non-hydrogen) atoms. The quantitative estimate of drug-likeness (QED) is 0.420. The summed E-state index contributed by atoms with van der Waals surface area (Å²) in [4.78, 5) is 40.9. The fourth-order valence-electron chi connectivity index (χ4n) is 3.57. The summed E-state index contributed by atoms with van der Waals surface area (Å²) in [5, 5.41) is 2.96. The fraction of sp³-hybridized carbons (Fsp3) is 0.280. The lowest BCUT2D eigenvalue weighted by molar-refractivity contribution is -0.123. The maximum absolute atomic E-state index is 14.1. The van der Waals surface area contributed by atoms with E-state index in [1.807, 2.05) is 20.8 Å². The van der Waals surface area contributed by atoms with Crippen molar-refractivity contribution in [3.63, 3.8) is 0 Å². The number of nitrogens with two attached hydrogens (primary N) is 2. The maximum atomic E-state index is 14.1. The number of nitrogen functional groups attached to an aromatic ring is 1. The molecule has 0 aliphatic heterocycles. The number of benzene rings is 2. The Bertz CT molecular complexity index is 1270. The molecule has 0 bridgehead atoms. The summed E-state index contributed by atoms with van der Waals surface area (Å²) in [6, 6.07) is 12.4. The highest BCUT2D eigenvalue weighted by Gasteiger charge is 2.38. The number of hydrogen-bond acceptors (Lipinski definition) is 8. The van der Waals surface area contributed by atoms with Gasteiger partial charge in [-0.2, -0.15) is 4.37 Å². The largest absolute Gasteiger partial charge is 0.497 e. The van der Waals surface area contributed by atoms with Crippen LogP contribution in [0, 0.1) is 0 Å². The Morgan fingerprint density at radius 2 is 1.67 bits per heavy atom. The van der Waals surface area contributed by atoms with E-state index in [-0.39, 0.29) is 16.3 Å². The van der Waals surface area contributed by atoms with Crippen LogP contribution >= 0.6 is 11.5 Å². The average Bonchev–Trinajstić information content (AvgIpc) is 3.22. The van der Waals surface area contributed by atoms with Gasteiger partial charge in [-0.1, -0.05) is 24.3 Å². The van der Waals surface area contributed by atoms with Gasteiger partial charge in [0.15, 0.2) is 5.69 Å². The Balaban J connectivity index is 2.28. The third-order valence-electron chi connectivity index (χ3n) is 5.16. The van der Waals surface area contributed by atoms with Crippen molar-refractivity contribution >= 4 is 40.6 Å². The van der Waals surface area contributed by atoms with Crippen molar-refractivity contribution in [2.45, 2.75) is 32.4 Å². The number of nitrogens with zero attached hydrogens (tertiary/aromatic N) is 2. The van der Waals surface area contributed by atoms with Crippen molar-refractivity contribution in [1.29, 1.82) is 0 Å². The Labute approximate surface area is 213 Å². The zero-order valence-electron chi connectivity index (χ0n) is 20.7. The van der Waals surface area contributed by atoms with E-state index in [0.29, 0.717) is 22.7 Å². The minimum absolute atomic E-state index is 0.0308. The molecule has 0 spiro atoms. The molecular weight excluding hydrogens is 482 g/mol. The molecule has 0 fully saturated rings. The molecule has 10 nitrogen and oxygen atoms in total. The van der Waals surface area contributed by atoms with E-state index in [0.717, 1.165) is 11.5 Å². The molecule has 0 aliphatic carbocycles. The van der Waals surface area contributed by atoms with E-state index in [9.17, 15) is 14.4 Å². The van der Waals surface area contributed by atoms with Crippen molar-refractivity contribution in [3.05, 3.63) is 64.7 Å². The molecule has 0 saturated carbocycles. The standard InChI is InChI=1S/C25H29N5O5S/c1-25(2,3)28-23(32)20(14-10-12-15(34-4)13-11-14)30(16-8-6-7-9-17(16)35-5)24(33)21-18(26)19(22(27)31)29-36-21/h6-13,20H,26H2,1-5H3,(H2,27,31)(H,28,32). The number of hydrogen-bond donors (Lipinski definition) is 3. The first-order valence-corrected chi connectivity index (χ1v) is 11.7. The zero-order valence-corrected chi connectivity index (χ0v) is 21.5. The van der Waals surface area contributed by atoms with Gasteiger partial charge in [0, 0.05) is 5.54 Å². The van der Waals surface area contributed by atoms with Crippen LogP contribution in [0.2, 0.25) is 0 Å². The number of primary amides is 1. The third-order valence-corrected chi connectivity index (χ3v) is 6.01. The van der Waals surface area contributed by atoms with Crippen LogP contribution in [0.15, 0.2) is 48.5 Å². The molecular formula is C25H29N5O5S. The lowest BCUT2D eigenvalue weighted by Gasteiger charge is -2.34. The molecule has 1 aromatic heterocycles. The number of ether oxygens (including phenoxy) is 2. The summed E-state index contributed by atoms with van der Waals surface area (Å²) >= 11 is 0.733. The van der Waals surface area contributed by atoms with Crippen LogP contribution in [0.3, 0.4) is 0 Å². The van der Waals surface area contributed by atoms with Crippen molar-refractivity contribution in [3.8, 4) is 11.5 Å². The molecule has 1 atom stereocenters.